The maximum atomic E-state index is 13.0. The summed E-state index contributed by atoms with van der Waals surface area (Å²) < 4.78 is 23.0. The Bertz CT molecular complexity index is 1210. The number of hydrogen-bond donors (Lipinski definition) is 1. The number of rotatable bonds is 9. The van der Waals surface area contributed by atoms with Gasteiger partial charge in [0, 0.05) is 0 Å². The van der Waals surface area contributed by atoms with Crippen molar-refractivity contribution in [3.63, 3.8) is 0 Å². The van der Waals surface area contributed by atoms with Gasteiger partial charge < -0.3 is 24.1 Å². The number of hydrogen-bond acceptors (Lipinski definition) is 9. The van der Waals surface area contributed by atoms with Gasteiger partial charge in [-0.15, -0.1) is 11.8 Å². The molecule has 0 spiro atoms. The number of thioether (sulfide) groups is 1. The van der Waals surface area contributed by atoms with Gasteiger partial charge in [0.1, 0.15) is 24.3 Å². The summed E-state index contributed by atoms with van der Waals surface area (Å²) in [7, 11) is 0. The van der Waals surface area contributed by atoms with E-state index in [1.807, 2.05) is 6.92 Å². The number of benzene rings is 3. The van der Waals surface area contributed by atoms with Gasteiger partial charge in [-0.25, -0.2) is 14.4 Å². The number of carbonyl (C=O) groups excluding carboxylic acids is 3. The molecule has 0 radical (unpaired) electrons. The molecule has 1 fully saturated rings. The molecule has 3 aromatic carbocycles. The van der Waals surface area contributed by atoms with Gasteiger partial charge in [-0.1, -0.05) is 61.5 Å². The lowest BCUT2D eigenvalue weighted by atomic mass is 9.99. The highest BCUT2D eigenvalue weighted by atomic mass is 32.2. The van der Waals surface area contributed by atoms with E-state index in [1.165, 1.54) is 11.8 Å². The first kappa shape index (κ1) is 27.4. The molecule has 3 aromatic rings. The average molecular weight is 537 g/mol. The topological polar surface area (TPSA) is 108 Å². The van der Waals surface area contributed by atoms with E-state index in [2.05, 4.69) is 0 Å². The maximum absolute atomic E-state index is 13.0. The number of aliphatic hydroxyl groups excluding tert-OH is 1. The van der Waals surface area contributed by atoms with Crippen LogP contribution in [0.4, 0.5) is 0 Å². The number of carbonyl (C=O) groups is 3. The lowest BCUT2D eigenvalue weighted by Crippen LogP contribution is -2.60. The standard InChI is InChI=1S/C29H28O8S/c1-2-38-29-25(37-28(33)21-16-10-5-11-17-21)24(36-27(32)20-14-8-4-9-15-20)23(30)22(35-29)18-34-26(31)19-12-6-3-7-13-19/h3-17,22-25,29-30H,2,18H2,1H3/t22?,23-,24?,25?,29+/m1/s1. The van der Waals surface area contributed by atoms with E-state index < -0.39 is 47.8 Å². The lowest BCUT2D eigenvalue weighted by Gasteiger charge is -2.43. The molecule has 1 N–H and O–H groups in total. The molecular formula is C29H28O8S. The smallest absolute Gasteiger partial charge is 0.338 e. The second kappa shape index (κ2) is 13.2. The molecule has 198 valence electrons. The molecule has 1 heterocycles. The van der Waals surface area contributed by atoms with E-state index in [0.29, 0.717) is 16.9 Å². The Kier molecular flexibility index (Phi) is 9.53. The quantitative estimate of drug-likeness (QED) is 0.319. The van der Waals surface area contributed by atoms with Crippen LogP contribution in [0.1, 0.15) is 38.0 Å². The van der Waals surface area contributed by atoms with Crippen molar-refractivity contribution >= 4 is 29.7 Å². The van der Waals surface area contributed by atoms with E-state index in [-0.39, 0.29) is 12.2 Å². The van der Waals surface area contributed by atoms with Crippen molar-refractivity contribution in [1.29, 1.82) is 0 Å². The van der Waals surface area contributed by atoms with Gasteiger partial charge in [0.15, 0.2) is 12.2 Å². The second-order valence-corrected chi connectivity index (χ2v) is 9.80. The zero-order chi connectivity index (χ0) is 26.9. The van der Waals surface area contributed by atoms with Crippen LogP contribution >= 0.6 is 11.8 Å². The summed E-state index contributed by atoms with van der Waals surface area (Å²) in [6, 6.07) is 25.1. The third-order valence-electron chi connectivity index (χ3n) is 5.84. The molecule has 5 atom stereocenters. The summed E-state index contributed by atoms with van der Waals surface area (Å²) >= 11 is 1.32. The van der Waals surface area contributed by atoms with E-state index >= 15 is 0 Å². The van der Waals surface area contributed by atoms with Gasteiger partial charge in [-0.05, 0) is 42.2 Å². The van der Waals surface area contributed by atoms with Crippen molar-refractivity contribution in [1.82, 2.24) is 0 Å². The third kappa shape index (κ3) is 6.80. The maximum Gasteiger partial charge on any atom is 0.338 e. The summed E-state index contributed by atoms with van der Waals surface area (Å²) in [5.74, 6) is -1.35. The average Bonchev–Trinajstić information content (AvgIpc) is 2.96. The summed E-state index contributed by atoms with van der Waals surface area (Å²) in [6.45, 7) is 1.60. The van der Waals surface area contributed by atoms with Crippen molar-refractivity contribution < 1.29 is 38.4 Å². The molecule has 1 aliphatic heterocycles. The Morgan fingerprint density at radius 3 is 1.66 bits per heavy atom. The van der Waals surface area contributed by atoms with Gasteiger partial charge in [0.25, 0.3) is 0 Å². The molecule has 1 saturated heterocycles. The normalized spacial score (nSPS) is 22.7. The van der Waals surface area contributed by atoms with Crippen molar-refractivity contribution in [3.8, 4) is 0 Å². The predicted octanol–water partition coefficient (Wildman–Crippen LogP) is 4.13. The van der Waals surface area contributed by atoms with Crippen LogP contribution in [0, 0.1) is 0 Å². The number of esters is 3. The number of aliphatic hydroxyl groups is 1. The van der Waals surface area contributed by atoms with Gasteiger partial charge >= 0.3 is 17.9 Å². The molecule has 3 unspecified atom stereocenters. The van der Waals surface area contributed by atoms with Gasteiger partial charge in [0.2, 0.25) is 0 Å². The van der Waals surface area contributed by atoms with E-state index in [9.17, 15) is 19.5 Å². The molecule has 1 aliphatic rings. The van der Waals surface area contributed by atoms with Gasteiger partial charge in [-0.2, -0.15) is 0 Å². The van der Waals surface area contributed by atoms with E-state index in [4.69, 9.17) is 18.9 Å². The minimum absolute atomic E-state index is 0.270. The van der Waals surface area contributed by atoms with Crippen LogP contribution in [-0.4, -0.2) is 65.2 Å². The lowest BCUT2D eigenvalue weighted by molar-refractivity contribution is -0.206. The van der Waals surface area contributed by atoms with Crippen LogP contribution in [0.3, 0.4) is 0 Å². The largest absolute Gasteiger partial charge is 0.459 e. The zero-order valence-electron chi connectivity index (χ0n) is 20.7. The first-order valence-corrected chi connectivity index (χ1v) is 13.2. The van der Waals surface area contributed by atoms with Crippen LogP contribution < -0.4 is 0 Å². The van der Waals surface area contributed by atoms with E-state index in [0.717, 1.165) is 0 Å². The number of ether oxygens (including phenoxy) is 4. The van der Waals surface area contributed by atoms with Crippen LogP contribution in [0.25, 0.3) is 0 Å². The molecular weight excluding hydrogens is 508 g/mol. The predicted molar refractivity (Wildman–Crippen MR) is 141 cm³/mol. The minimum atomic E-state index is -1.45. The van der Waals surface area contributed by atoms with Crippen molar-refractivity contribution in [2.45, 2.75) is 36.8 Å². The van der Waals surface area contributed by atoms with Crippen LogP contribution in [0.15, 0.2) is 91.0 Å². The van der Waals surface area contributed by atoms with Crippen molar-refractivity contribution in [2.24, 2.45) is 0 Å². The van der Waals surface area contributed by atoms with Crippen LogP contribution in [0.5, 0.6) is 0 Å². The Morgan fingerprint density at radius 2 is 1.18 bits per heavy atom. The second-order valence-electron chi connectivity index (χ2n) is 8.43. The molecule has 9 heteroatoms. The Hall–Kier alpha value is -3.66. The first-order chi connectivity index (χ1) is 18.5. The molecule has 4 rings (SSSR count). The molecule has 8 nitrogen and oxygen atoms in total. The molecule has 0 aromatic heterocycles. The van der Waals surface area contributed by atoms with Gasteiger partial charge in [0.05, 0.1) is 16.7 Å². The molecule has 0 saturated carbocycles. The fourth-order valence-electron chi connectivity index (χ4n) is 3.93. The highest BCUT2D eigenvalue weighted by Crippen LogP contribution is 2.33. The van der Waals surface area contributed by atoms with Gasteiger partial charge in [-0.3, -0.25) is 0 Å². The summed E-state index contributed by atoms with van der Waals surface area (Å²) in [5, 5.41) is 11.3. The third-order valence-corrected chi connectivity index (χ3v) is 6.88. The monoisotopic (exact) mass is 536 g/mol. The minimum Gasteiger partial charge on any atom is -0.459 e. The molecule has 0 bridgehead atoms. The zero-order valence-corrected chi connectivity index (χ0v) is 21.5. The highest BCUT2D eigenvalue weighted by molar-refractivity contribution is 7.99. The SMILES string of the molecule is CCS[C@@H]1OC(COC(=O)c2ccccc2)[C@@H](O)C(OC(=O)c2ccccc2)C1OC(=O)c1ccccc1. The fraction of sp³-hybridized carbons (Fsp3) is 0.276. The molecule has 38 heavy (non-hydrogen) atoms. The van der Waals surface area contributed by atoms with Crippen LogP contribution in [0.2, 0.25) is 0 Å². The van der Waals surface area contributed by atoms with Crippen molar-refractivity contribution in [2.75, 3.05) is 12.4 Å². The fourth-order valence-corrected chi connectivity index (χ4v) is 4.88. The Balaban J connectivity index is 1.57. The molecule has 0 amide bonds. The highest BCUT2D eigenvalue weighted by Gasteiger charge is 2.50. The first-order valence-electron chi connectivity index (χ1n) is 12.2. The Labute approximate surface area is 224 Å². The van der Waals surface area contributed by atoms with Crippen LogP contribution in [-0.2, 0) is 18.9 Å². The molecule has 0 aliphatic carbocycles. The van der Waals surface area contributed by atoms with E-state index in [1.54, 1.807) is 91.0 Å². The van der Waals surface area contributed by atoms with Crippen molar-refractivity contribution in [3.05, 3.63) is 108 Å². The summed E-state index contributed by atoms with van der Waals surface area (Å²) in [6.07, 6.45) is -4.90. The summed E-state index contributed by atoms with van der Waals surface area (Å²) in [4.78, 5) is 38.4. The summed E-state index contributed by atoms with van der Waals surface area (Å²) in [5.41, 5.74) is 0.115. The Morgan fingerprint density at radius 1 is 0.737 bits per heavy atom.